The molecule has 0 fully saturated rings. The van der Waals surface area contributed by atoms with Gasteiger partial charge in [0.25, 0.3) is 8.32 Å². The molecule has 0 saturated carbocycles. The lowest BCUT2D eigenvalue weighted by atomic mass is 9.98. The van der Waals surface area contributed by atoms with Crippen molar-refractivity contribution < 1.29 is 53.2 Å². The molecule has 4 heterocycles. The predicted molar refractivity (Wildman–Crippen MR) is 246 cm³/mol. The van der Waals surface area contributed by atoms with Crippen LogP contribution in [0.5, 0.6) is 11.6 Å². The summed E-state index contributed by atoms with van der Waals surface area (Å²) in [5.74, 6) is -3.24. The van der Waals surface area contributed by atoms with E-state index in [1.807, 2.05) is 36.4 Å². The Labute approximate surface area is 385 Å². The molecule has 1 amide bonds. The fourth-order valence-electron chi connectivity index (χ4n) is 8.47. The van der Waals surface area contributed by atoms with Gasteiger partial charge in [-0.25, -0.2) is 18.6 Å². The number of ether oxygens (including phenoxy) is 2. The number of rotatable bonds is 14. The van der Waals surface area contributed by atoms with Crippen molar-refractivity contribution in [2.24, 2.45) is 0 Å². The Hall–Kier alpha value is -5.37. The molecule has 6 aromatic rings. The van der Waals surface area contributed by atoms with E-state index >= 15 is 4.39 Å². The molecule has 1 atom stereocenters. The molecule has 11 nitrogen and oxygen atoms in total. The highest BCUT2D eigenvalue weighted by Gasteiger charge is 2.51. The van der Waals surface area contributed by atoms with E-state index in [9.17, 15) is 30.8 Å². The number of nitrogens with zero attached hydrogens (tertiary/aromatic N) is 4. The molecule has 0 radical (unpaired) electrons. The zero-order valence-corrected chi connectivity index (χ0v) is 40.2. The number of alkyl halides is 3. The van der Waals surface area contributed by atoms with Crippen molar-refractivity contribution in [3.63, 3.8) is 0 Å². The molecule has 7 rings (SSSR count). The molecule has 0 spiro atoms. The first kappa shape index (κ1) is 48.6. The van der Waals surface area contributed by atoms with Crippen LogP contribution in [0.1, 0.15) is 72.9 Å². The van der Waals surface area contributed by atoms with E-state index in [0.717, 1.165) is 30.2 Å². The van der Waals surface area contributed by atoms with Gasteiger partial charge in [0.15, 0.2) is 0 Å². The standard InChI is InChI=1S/C47H51F5N4O7S2Si/c1-45(2,3)62-44(57)55-28-32-27-37(41-40(39-36(49)25-30(48)26-38(39)60-7)42-35(22-24-64-42)43(53-41)63-65(58,59)47(50,51)52)54-56(32)29-31(55)17-11-10-16-23-61-66(46(4,5)6,33-18-12-8-13-19-33)34-20-14-9-15-21-34/h8-9,12-15,18-22,24-27,31H,10-11,16-17,23,28-29H2,1-7H3/t31-/m1/s1. The number of carbonyl (C=O) groups is 1. The highest BCUT2D eigenvalue weighted by Crippen LogP contribution is 2.48. The number of carbonyl (C=O) groups excluding carboxylic acids is 1. The Bertz CT molecular complexity index is 2770. The van der Waals surface area contributed by atoms with Crippen molar-refractivity contribution in [2.75, 3.05) is 13.7 Å². The van der Waals surface area contributed by atoms with E-state index in [2.05, 4.69) is 54.2 Å². The molecule has 1 aliphatic rings. The van der Waals surface area contributed by atoms with Crippen LogP contribution in [0.3, 0.4) is 0 Å². The minimum atomic E-state index is -6.22. The number of hydrogen-bond acceptors (Lipinski definition) is 10. The summed E-state index contributed by atoms with van der Waals surface area (Å²) in [7, 11) is -7.77. The third-order valence-electron chi connectivity index (χ3n) is 11.3. The Kier molecular flexibility index (Phi) is 13.8. The van der Waals surface area contributed by atoms with E-state index in [4.69, 9.17) is 19.0 Å². The molecule has 19 heteroatoms. The van der Waals surface area contributed by atoms with Gasteiger partial charge in [0.05, 0.1) is 47.6 Å². The van der Waals surface area contributed by atoms with Crippen molar-refractivity contribution >= 4 is 56.3 Å². The second-order valence-corrected chi connectivity index (χ2v) is 24.8. The second-order valence-electron chi connectivity index (χ2n) is 18.1. The summed E-state index contributed by atoms with van der Waals surface area (Å²) in [6.07, 6.45) is 2.20. The summed E-state index contributed by atoms with van der Waals surface area (Å²) in [6, 6.07) is 24.7. The highest BCUT2D eigenvalue weighted by molar-refractivity contribution is 7.88. The van der Waals surface area contributed by atoms with Gasteiger partial charge in [-0.05, 0) is 66.5 Å². The maximum atomic E-state index is 15.9. The lowest BCUT2D eigenvalue weighted by Crippen LogP contribution is -2.66. The van der Waals surface area contributed by atoms with E-state index in [1.165, 1.54) is 35.0 Å². The van der Waals surface area contributed by atoms with Crippen LogP contribution in [0.4, 0.5) is 26.7 Å². The largest absolute Gasteiger partial charge is 0.534 e. The Morgan fingerprint density at radius 3 is 2.12 bits per heavy atom. The van der Waals surface area contributed by atoms with Crippen LogP contribution in [-0.4, -0.2) is 73.4 Å². The molecule has 3 aromatic carbocycles. The molecule has 352 valence electrons. The van der Waals surface area contributed by atoms with Gasteiger partial charge in [0, 0.05) is 24.3 Å². The normalized spacial score (nSPS) is 14.9. The molecule has 1 aliphatic heterocycles. The van der Waals surface area contributed by atoms with Crippen molar-refractivity contribution in [1.29, 1.82) is 0 Å². The molecule has 0 saturated heterocycles. The van der Waals surface area contributed by atoms with Crippen molar-refractivity contribution in [3.05, 3.63) is 108 Å². The van der Waals surface area contributed by atoms with Gasteiger partial charge in [-0.3, -0.25) is 9.58 Å². The van der Waals surface area contributed by atoms with Gasteiger partial charge in [0.2, 0.25) is 5.88 Å². The van der Waals surface area contributed by atoms with Gasteiger partial charge < -0.3 is 18.1 Å². The Morgan fingerprint density at radius 1 is 0.879 bits per heavy atom. The molecule has 0 aliphatic carbocycles. The smallest absolute Gasteiger partial charge is 0.496 e. The SMILES string of the molecule is COc1cc(F)cc(F)c1-c1c(-c2cc3n(n2)C[C@@H](CCCCCO[Si](c2ccccc2)(c2ccccc2)C(C)(C)C)N(C(=O)OC(C)(C)C)C3)nc(OS(=O)(=O)C(F)(F)F)c2ccsc12. The molecule has 0 bridgehead atoms. The second kappa shape index (κ2) is 18.7. The van der Waals surface area contributed by atoms with Crippen LogP contribution in [-0.2, 0) is 32.4 Å². The number of benzene rings is 3. The van der Waals surface area contributed by atoms with Gasteiger partial charge in [-0.15, -0.1) is 11.3 Å². The van der Waals surface area contributed by atoms with Crippen molar-refractivity contribution in [2.45, 2.75) is 103 Å². The van der Waals surface area contributed by atoms with Gasteiger partial charge in [-0.1, -0.05) is 94.3 Å². The molecular weight excluding hydrogens is 920 g/mol. The summed E-state index contributed by atoms with van der Waals surface area (Å²) < 4.78 is 121. The Balaban J connectivity index is 1.20. The fourth-order valence-corrected chi connectivity index (χ4v) is 14.4. The summed E-state index contributed by atoms with van der Waals surface area (Å²) in [6.45, 7) is 12.6. The maximum Gasteiger partial charge on any atom is 0.534 e. The fraction of sp³-hybridized carbons (Fsp3) is 0.383. The van der Waals surface area contributed by atoms with Crippen LogP contribution in [0.2, 0.25) is 5.04 Å². The van der Waals surface area contributed by atoms with E-state index in [0.29, 0.717) is 31.2 Å². The van der Waals surface area contributed by atoms with E-state index in [1.54, 1.807) is 30.4 Å². The maximum absolute atomic E-state index is 15.9. The molecule has 66 heavy (non-hydrogen) atoms. The topological polar surface area (TPSA) is 122 Å². The van der Waals surface area contributed by atoms with Crippen LogP contribution >= 0.6 is 11.3 Å². The molecule has 0 N–H and O–H groups in total. The van der Waals surface area contributed by atoms with Crippen LogP contribution in [0.15, 0.2) is 90.3 Å². The summed E-state index contributed by atoms with van der Waals surface area (Å²) in [5.41, 5.74) is -6.79. The van der Waals surface area contributed by atoms with Crippen molar-refractivity contribution in [3.8, 4) is 34.1 Å². The van der Waals surface area contributed by atoms with Gasteiger partial charge in [-0.2, -0.15) is 26.7 Å². The third-order valence-corrected chi connectivity index (χ3v) is 18.3. The van der Waals surface area contributed by atoms with Crippen molar-refractivity contribution in [1.82, 2.24) is 19.7 Å². The summed E-state index contributed by atoms with van der Waals surface area (Å²) >= 11 is 0.934. The minimum Gasteiger partial charge on any atom is -0.496 e. The number of thiophene rings is 1. The lowest BCUT2D eigenvalue weighted by Gasteiger charge is -2.43. The zero-order chi connectivity index (χ0) is 47.8. The monoisotopic (exact) mass is 970 g/mol. The number of hydrogen-bond donors (Lipinski definition) is 0. The number of methoxy groups -OCH3 is 1. The number of unbranched alkanes of at least 4 members (excludes halogenated alkanes) is 2. The number of aromatic nitrogens is 3. The number of pyridine rings is 1. The average Bonchev–Trinajstić information content (AvgIpc) is 3.90. The average molecular weight is 971 g/mol. The first-order valence-corrected chi connectivity index (χ1v) is 25.5. The van der Waals surface area contributed by atoms with Crippen LogP contribution in [0.25, 0.3) is 32.6 Å². The number of amides is 1. The quantitative estimate of drug-likeness (QED) is 0.0345. The minimum absolute atomic E-state index is 0.000164. The van der Waals surface area contributed by atoms with E-state index in [-0.39, 0.29) is 56.5 Å². The summed E-state index contributed by atoms with van der Waals surface area (Å²) in [5, 5.41) is 8.20. The lowest BCUT2D eigenvalue weighted by molar-refractivity contribution is -0.0500. The molecule has 3 aromatic heterocycles. The Morgan fingerprint density at radius 2 is 1.53 bits per heavy atom. The molecule has 0 unspecified atom stereocenters. The number of halogens is 5. The van der Waals surface area contributed by atoms with Gasteiger partial charge in [0.1, 0.15) is 34.4 Å². The predicted octanol–water partition coefficient (Wildman–Crippen LogP) is 10.6. The first-order valence-electron chi connectivity index (χ1n) is 21.3. The first-order chi connectivity index (χ1) is 31.0. The summed E-state index contributed by atoms with van der Waals surface area (Å²) in [4.78, 5) is 19.7. The van der Waals surface area contributed by atoms with E-state index < -0.39 is 59.2 Å². The van der Waals surface area contributed by atoms with Crippen LogP contribution in [0, 0.1) is 11.6 Å². The number of fused-ring (bicyclic) bond motifs is 2. The van der Waals surface area contributed by atoms with Crippen LogP contribution < -0.4 is 19.3 Å². The third kappa shape index (κ3) is 9.84. The zero-order valence-electron chi connectivity index (χ0n) is 37.5. The molecular formula is C47H51F5N4O7S2Si. The highest BCUT2D eigenvalue weighted by atomic mass is 32.2. The van der Waals surface area contributed by atoms with Gasteiger partial charge >= 0.3 is 21.7 Å².